The van der Waals surface area contributed by atoms with Gasteiger partial charge in [0.15, 0.2) is 0 Å². The van der Waals surface area contributed by atoms with E-state index in [1.165, 1.54) is 16.7 Å². The van der Waals surface area contributed by atoms with Crippen molar-refractivity contribution in [3.8, 4) is 11.5 Å². The number of hydrogen-bond donors (Lipinski definition) is 2. The number of benzene rings is 2. The Bertz CT molecular complexity index is 679. The van der Waals surface area contributed by atoms with E-state index in [0.29, 0.717) is 17.4 Å². The molecule has 0 aliphatic heterocycles. The highest BCUT2D eigenvalue weighted by Crippen LogP contribution is 2.47. The van der Waals surface area contributed by atoms with Gasteiger partial charge >= 0.3 is 0 Å². The minimum Gasteiger partial charge on any atom is -0.508 e. The molecule has 1 aliphatic rings. The molecule has 2 nitrogen and oxygen atoms in total. The molecule has 2 N–H and O–H groups in total. The molecular weight excluding hydrogens is 272 g/mol. The van der Waals surface area contributed by atoms with Crippen molar-refractivity contribution in [2.75, 3.05) is 0 Å². The first kappa shape index (κ1) is 14.7. The molecule has 0 bridgehead atoms. The fourth-order valence-corrected chi connectivity index (χ4v) is 3.27. The van der Waals surface area contributed by atoms with Crippen LogP contribution in [-0.2, 0) is 0 Å². The van der Waals surface area contributed by atoms with Crippen molar-refractivity contribution >= 4 is 5.57 Å². The summed E-state index contributed by atoms with van der Waals surface area (Å²) in [4.78, 5) is 0. The summed E-state index contributed by atoms with van der Waals surface area (Å²) in [5, 5.41) is 19.0. The maximum absolute atomic E-state index is 9.50. The quantitative estimate of drug-likeness (QED) is 0.810. The van der Waals surface area contributed by atoms with Gasteiger partial charge in [-0.3, -0.25) is 0 Å². The minimum atomic E-state index is 0.192. The predicted molar refractivity (Wildman–Crippen MR) is 89.9 cm³/mol. The van der Waals surface area contributed by atoms with Crippen LogP contribution in [0.3, 0.4) is 0 Å². The molecule has 0 spiro atoms. The van der Waals surface area contributed by atoms with Crippen LogP contribution in [0.25, 0.3) is 5.57 Å². The van der Waals surface area contributed by atoms with E-state index >= 15 is 0 Å². The zero-order chi connectivity index (χ0) is 15.7. The Morgan fingerprint density at radius 2 is 1.41 bits per heavy atom. The summed E-state index contributed by atoms with van der Waals surface area (Å²) in [5.41, 5.74) is 3.94. The summed E-state index contributed by atoms with van der Waals surface area (Å²) in [6, 6.07) is 15.0. The van der Waals surface area contributed by atoms with Crippen molar-refractivity contribution in [2.45, 2.75) is 32.6 Å². The molecule has 0 saturated carbocycles. The Morgan fingerprint density at radius 1 is 0.864 bits per heavy atom. The Balaban J connectivity index is 1.99. The molecule has 1 aliphatic carbocycles. The fraction of sp³-hybridized carbons (Fsp3) is 0.300. The van der Waals surface area contributed by atoms with Crippen LogP contribution in [0.2, 0.25) is 0 Å². The molecular formula is C20H22O2. The van der Waals surface area contributed by atoms with Crippen LogP contribution < -0.4 is 0 Å². The van der Waals surface area contributed by atoms with Crippen LogP contribution in [-0.4, -0.2) is 10.2 Å². The number of phenolic OH excluding ortho intramolecular Hbond substituents is 2. The molecule has 0 radical (unpaired) electrons. The number of allylic oxidation sites excluding steroid dienone is 2. The standard InChI is InChI=1S/C20H22O2/c1-20(2)12-11-16(14-3-7-17(21)8-4-14)13-19(20)15-5-9-18(22)10-6-15/h3-10,13,19,21-22H,11-12H2,1-2H3. The third-order valence-electron chi connectivity index (χ3n) is 4.74. The van der Waals surface area contributed by atoms with Crippen molar-refractivity contribution in [3.63, 3.8) is 0 Å². The van der Waals surface area contributed by atoms with Gasteiger partial charge in [-0.2, -0.15) is 0 Å². The average Bonchev–Trinajstić information content (AvgIpc) is 2.49. The van der Waals surface area contributed by atoms with Crippen molar-refractivity contribution in [2.24, 2.45) is 5.41 Å². The van der Waals surface area contributed by atoms with Gasteiger partial charge in [0.1, 0.15) is 11.5 Å². The van der Waals surface area contributed by atoms with E-state index in [0.717, 1.165) is 12.8 Å². The molecule has 3 rings (SSSR count). The minimum absolute atomic E-state index is 0.192. The molecule has 0 amide bonds. The Hall–Kier alpha value is -2.22. The van der Waals surface area contributed by atoms with E-state index in [4.69, 9.17) is 0 Å². The van der Waals surface area contributed by atoms with Crippen LogP contribution in [0.5, 0.6) is 11.5 Å². The van der Waals surface area contributed by atoms with Crippen molar-refractivity contribution < 1.29 is 10.2 Å². The second-order valence-corrected chi connectivity index (χ2v) is 6.80. The predicted octanol–water partition coefficient (Wildman–Crippen LogP) is 5.09. The van der Waals surface area contributed by atoms with Crippen molar-refractivity contribution in [3.05, 3.63) is 65.7 Å². The second-order valence-electron chi connectivity index (χ2n) is 6.80. The lowest BCUT2D eigenvalue weighted by Gasteiger charge is -2.38. The van der Waals surface area contributed by atoms with Gasteiger partial charge in [-0.1, -0.05) is 44.2 Å². The van der Waals surface area contributed by atoms with E-state index in [1.807, 2.05) is 24.3 Å². The first-order valence-electron chi connectivity index (χ1n) is 7.75. The smallest absolute Gasteiger partial charge is 0.115 e. The summed E-state index contributed by atoms with van der Waals surface area (Å²) in [6.07, 6.45) is 4.51. The molecule has 1 unspecified atom stereocenters. The van der Waals surface area contributed by atoms with E-state index in [2.05, 4.69) is 19.9 Å². The van der Waals surface area contributed by atoms with Crippen LogP contribution in [0.1, 0.15) is 43.7 Å². The van der Waals surface area contributed by atoms with Gasteiger partial charge in [0, 0.05) is 5.92 Å². The summed E-state index contributed by atoms with van der Waals surface area (Å²) in [6.45, 7) is 4.60. The maximum Gasteiger partial charge on any atom is 0.115 e. The molecule has 0 heterocycles. The molecule has 114 valence electrons. The van der Waals surface area contributed by atoms with E-state index in [1.54, 1.807) is 24.3 Å². The average molecular weight is 294 g/mol. The highest BCUT2D eigenvalue weighted by Gasteiger charge is 2.33. The number of aromatic hydroxyl groups is 2. The van der Waals surface area contributed by atoms with Crippen LogP contribution in [0, 0.1) is 5.41 Å². The molecule has 1 atom stereocenters. The Labute approximate surface area is 131 Å². The Kier molecular flexibility index (Phi) is 3.69. The SMILES string of the molecule is CC1(C)CCC(c2ccc(O)cc2)=CC1c1ccc(O)cc1. The molecule has 0 aromatic heterocycles. The molecule has 2 heteroatoms. The maximum atomic E-state index is 9.50. The number of phenols is 2. The Morgan fingerprint density at radius 3 is 2.00 bits per heavy atom. The fourth-order valence-electron chi connectivity index (χ4n) is 3.27. The van der Waals surface area contributed by atoms with E-state index < -0.39 is 0 Å². The summed E-state index contributed by atoms with van der Waals surface area (Å²) in [5.74, 6) is 0.932. The summed E-state index contributed by atoms with van der Waals surface area (Å²) < 4.78 is 0. The zero-order valence-electron chi connectivity index (χ0n) is 13.1. The molecule has 2 aromatic carbocycles. The van der Waals surface area contributed by atoms with Gasteiger partial charge in [0.2, 0.25) is 0 Å². The number of hydrogen-bond acceptors (Lipinski definition) is 2. The molecule has 0 saturated heterocycles. The van der Waals surface area contributed by atoms with Gasteiger partial charge in [-0.15, -0.1) is 0 Å². The zero-order valence-corrected chi connectivity index (χ0v) is 13.1. The molecule has 2 aromatic rings. The van der Waals surface area contributed by atoms with Crippen LogP contribution in [0.15, 0.2) is 54.6 Å². The first-order valence-corrected chi connectivity index (χ1v) is 7.75. The highest BCUT2D eigenvalue weighted by molar-refractivity contribution is 5.68. The summed E-state index contributed by atoms with van der Waals surface area (Å²) in [7, 11) is 0. The highest BCUT2D eigenvalue weighted by atomic mass is 16.3. The number of rotatable bonds is 2. The van der Waals surface area contributed by atoms with Crippen LogP contribution >= 0.6 is 0 Å². The lowest BCUT2D eigenvalue weighted by molar-refractivity contribution is 0.291. The lowest BCUT2D eigenvalue weighted by Crippen LogP contribution is -2.24. The van der Waals surface area contributed by atoms with Gasteiger partial charge < -0.3 is 10.2 Å². The van der Waals surface area contributed by atoms with Crippen molar-refractivity contribution in [1.82, 2.24) is 0 Å². The van der Waals surface area contributed by atoms with Crippen molar-refractivity contribution in [1.29, 1.82) is 0 Å². The second kappa shape index (κ2) is 5.53. The third kappa shape index (κ3) is 2.87. The van der Waals surface area contributed by atoms with Gasteiger partial charge in [0.25, 0.3) is 0 Å². The van der Waals surface area contributed by atoms with Crippen LogP contribution in [0.4, 0.5) is 0 Å². The largest absolute Gasteiger partial charge is 0.508 e. The molecule has 0 fully saturated rings. The normalized spacial score (nSPS) is 20.5. The molecule has 22 heavy (non-hydrogen) atoms. The lowest BCUT2D eigenvalue weighted by atomic mass is 9.67. The van der Waals surface area contributed by atoms with E-state index in [-0.39, 0.29) is 5.41 Å². The monoisotopic (exact) mass is 294 g/mol. The topological polar surface area (TPSA) is 40.5 Å². The van der Waals surface area contributed by atoms with E-state index in [9.17, 15) is 10.2 Å². The van der Waals surface area contributed by atoms with Gasteiger partial charge in [-0.05, 0) is 59.2 Å². The third-order valence-corrected chi connectivity index (χ3v) is 4.74. The van der Waals surface area contributed by atoms with Gasteiger partial charge in [0.05, 0.1) is 0 Å². The summed E-state index contributed by atoms with van der Waals surface area (Å²) >= 11 is 0. The van der Waals surface area contributed by atoms with Gasteiger partial charge in [-0.25, -0.2) is 0 Å². The first-order chi connectivity index (χ1) is 10.5.